The van der Waals surface area contributed by atoms with Crippen molar-refractivity contribution < 1.29 is 8.42 Å². The number of rotatable bonds is 6. The molecule has 6 heteroatoms. The monoisotopic (exact) mass is 311 g/mol. The second-order valence-electron chi connectivity index (χ2n) is 5.06. The summed E-state index contributed by atoms with van der Waals surface area (Å²) in [5, 5.41) is 6.51. The molecule has 0 spiro atoms. The van der Waals surface area contributed by atoms with E-state index in [-0.39, 0.29) is 0 Å². The van der Waals surface area contributed by atoms with E-state index in [4.69, 9.17) is 0 Å². The summed E-state index contributed by atoms with van der Waals surface area (Å²) in [6.07, 6.45) is 2.23. The normalized spacial score (nSPS) is 13.8. The SMILES string of the molecule is CCNC(=NCc1ccc(S(C)(=O)=O)cc1)NC(C)CC. The van der Waals surface area contributed by atoms with Crippen molar-refractivity contribution in [2.24, 2.45) is 4.99 Å². The highest BCUT2D eigenvalue weighted by Gasteiger charge is 2.06. The molecule has 118 valence electrons. The zero-order chi connectivity index (χ0) is 15.9. The summed E-state index contributed by atoms with van der Waals surface area (Å²) in [5.74, 6) is 0.777. The Kier molecular flexibility index (Phi) is 6.68. The van der Waals surface area contributed by atoms with Crippen molar-refractivity contribution >= 4 is 15.8 Å². The maximum atomic E-state index is 11.4. The molecule has 21 heavy (non-hydrogen) atoms. The van der Waals surface area contributed by atoms with E-state index in [2.05, 4.69) is 29.5 Å². The van der Waals surface area contributed by atoms with Crippen molar-refractivity contribution in [3.63, 3.8) is 0 Å². The first kappa shape index (κ1) is 17.5. The maximum absolute atomic E-state index is 11.4. The lowest BCUT2D eigenvalue weighted by molar-refractivity contribution is 0.602. The van der Waals surface area contributed by atoms with Gasteiger partial charge in [-0.2, -0.15) is 0 Å². The van der Waals surface area contributed by atoms with E-state index in [1.54, 1.807) is 24.3 Å². The molecular weight excluding hydrogens is 286 g/mol. The van der Waals surface area contributed by atoms with Crippen LogP contribution in [0.25, 0.3) is 0 Å². The Morgan fingerprint density at radius 1 is 1.24 bits per heavy atom. The van der Waals surface area contributed by atoms with Crippen molar-refractivity contribution in [1.29, 1.82) is 0 Å². The Morgan fingerprint density at radius 3 is 2.33 bits per heavy atom. The fraction of sp³-hybridized carbons (Fsp3) is 0.533. The van der Waals surface area contributed by atoms with Crippen LogP contribution in [0, 0.1) is 0 Å². The topological polar surface area (TPSA) is 70.6 Å². The van der Waals surface area contributed by atoms with Crippen LogP contribution >= 0.6 is 0 Å². The molecule has 0 saturated carbocycles. The lowest BCUT2D eigenvalue weighted by atomic mass is 10.2. The predicted molar refractivity (Wildman–Crippen MR) is 87.3 cm³/mol. The molecule has 0 aliphatic heterocycles. The molecule has 0 fully saturated rings. The summed E-state index contributed by atoms with van der Waals surface area (Å²) in [4.78, 5) is 4.84. The van der Waals surface area contributed by atoms with Gasteiger partial charge in [0.05, 0.1) is 11.4 Å². The predicted octanol–water partition coefficient (Wildman–Crippen LogP) is 1.94. The third-order valence-corrected chi connectivity index (χ3v) is 4.24. The summed E-state index contributed by atoms with van der Waals surface area (Å²) in [6, 6.07) is 7.19. The van der Waals surface area contributed by atoms with Gasteiger partial charge in [-0.05, 0) is 38.0 Å². The second kappa shape index (κ2) is 8.02. The number of nitrogens with one attached hydrogen (secondary N) is 2. The minimum Gasteiger partial charge on any atom is -0.357 e. The minimum absolute atomic E-state index is 0.333. The highest BCUT2D eigenvalue weighted by molar-refractivity contribution is 7.90. The van der Waals surface area contributed by atoms with E-state index in [0.29, 0.717) is 17.5 Å². The Balaban J connectivity index is 2.76. The van der Waals surface area contributed by atoms with Gasteiger partial charge < -0.3 is 10.6 Å². The van der Waals surface area contributed by atoms with E-state index in [1.807, 2.05) is 6.92 Å². The smallest absolute Gasteiger partial charge is 0.191 e. The Bertz CT molecular complexity index is 565. The molecule has 0 aliphatic carbocycles. The van der Waals surface area contributed by atoms with Crippen molar-refractivity contribution in [3.8, 4) is 0 Å². The number of hydrogen-bond donors (Lipinski definition) is 2. The first-order valence-corrected chi connectivity index (χ1v) is 9.09. The Hall–Kier alpha value is -1.56. The molecule has 5 nitrogen and oxygen atoms in total. The van der Waals surface area contributed by atoms with Crippen molar-refractivity contribution in [2.75, 3.05) is 12.8 Å². The molecule has 0 aromatic heterocycles. The van der Waals surface area contributed by atoms with Gasteiger partial charge in [0, 0.05) is 18.8 Å². The highest BCUT2D eigenvalue weighted by Crippen LogP contribution is 2.10. The molecule has 2 N–H and O–H groups in total. The van der Waals surface area contributed by atoms with E-state index >= 15 is 0 Å². The van der Waals surface area contributed by atoms with Gasteiger partial charge in [-0.3, -0.25) is 0 Å². The van der Waals surface area contributed by atoms with Gasteiger partial charge in [0.1, 0.15) is 0 Å². The van der Waals surface area contributed by atoms with Crippen LogP contribution in [0.4, 0.5) is 0 Å². The third-order valence-electron chi connectivity index (χ3n) is 3.11. The van der Waals surface area contributed by atoms with Crippen LogP contribution in [0.2, 0.25) is 0 Å². The van der Waals surface area contributed by atoms with Gasteiger partial charge in [0.25, 0.3) is 0 Å². The highest BCUT2D eigenvalue weighted by atomic mass is 32.2. The molecule has 0 amide bonds. The van der Waals surface area contributed by atoms with Crippen LogP contribution in [-0.4, -0.2) is 33.2 Å². The molecular formula is C15H25N3O2S. The van der Waals surface area contributed by atoms with Crippen molar-refractivity contribution in [1.82, 2.24) is 10.6 Å². The maximum Gasteiger partial charge on any atom is 0.191 e. The van der Waals surface area contributed by atoms with Crippen LogP contribution in [-0.2, 0) is 16.4 Å². The number of nitrogens with zero attached hydrogens (tertiary/aromatic N) is 1. The van der Waals surface area contributed by atoms with Gasteiger partial charge >= 0.3 is 0 Å². The Morgan fingerprint density at radius 2 is 1.86 bits per heavy atom. The van der Waals surface area contributed by atoms with E-state index in [1.165, 1.54) is 6.26 Å². The molecule has 0 bridgehead atoms. The number of guanidine groups is 1. The molecule has 0 heterocycles. The zero-order valence-electron chi connectivity index (χ0n) is 13.2. The standard InChI is InChI=1S/C15H25N3O2S/c1-5-12(3)18-15(16-6-2)17-11-13-7-9-14(10-8-13)21(4,19)20/h7-10,12H,5-6,11H2,1-4H3,(H2,16,17,18). The third kappa shape index (κ3) is 6.16. The van der Waals surface area contributed by atoms with Gasteiger partial charge in [-0.25, -0.2) is 13.4 Å². The van der Waals surface area contributed by atoms with Crippen molar-refractivity contribution in [2.45, 2.75) is 44.7 Å². The van der Waals surface area contributed by atoms with Gasteiger partial charge in [0.2, 0.25) is 0 Å². The van der Waals surface area contributed by atoms with Crippen LogP contribution in [0.15, 0.2) is 34.2 Å². The molecule has 1 aromatic carbocycles. The van der Waals surface area contributed by atoms with E-state index < -0.39 is 9.84 Å². The quantitative estimate of drug-likeness (QED) is 0.622. The first-order valence-electron chi connectivity index (χ1n) is 7.20. The van der Waals surface area contributed by atoms with Crippen LogP contribution in [0.3, 0.4) is 0 Å². The molecule has 0 radical (unpaired) electrons. The zero-order valence-corrected chi connectivity index (χ0v) is 14.0. The van der Waals surface area contributed by atoms with Crippen LogP contribution in [0.1, 0.15) is 32.8 Å². The lowest BCUT2D eigenvalue weighted by Crippen LogP contribution is -2.41. The fourth-order valence-electron chi connectivity index (χ4n) is 1.67. The van der Waals surface area contributed by atoms with E-state index in [0.717, 1.165) is 24.5 Å². The summed E-state index contributed by atoms with van der Waals surface area (Å²) >= 11 is 0. The number of hydrogen-bond acceptors (Lipinski definition) is 3. The molecule has 0 aliphatic rings. The molecule has 1 rings (SSSR count). The van der Waals surface area contributed by atoms with Crippen LogP contribution < -0.4 is 10.6 Å². The van der Waals surface area contributed by atoms with Gasteiger partial charge in [-0.1, -0.05) is 19.1 Å². The Labute approximate surface area is 127 Å². The summed E-state index contributed by atoms with van der Waals surface area (Å²) < 4.78 is 22.8. The number of benzene rings is 1. The molecule has 1 atom stereocenters. The molecule has 1 unspecified atom stereocenters. The average molecular weight is 311 g/mol. The van der Waals surface area contributed by atoms with Gasteiger partial charge in [0.15, 0.2) is 15.8 Å². The number of sulfone groups is 1. The fourth-order valence-corrected chi connectivity index (χ4v) is 2.30. The summed E-state index contributed by atoms with van der Waals surface area (Å²) in [6.45, 7) is 7.55. The summed E-state index contributed by atoms with van der Waals surface area (Å²) in [7, 11) is -3.14. The molecule has 1 aromatic rings. The van der Waals surface area contributed by atoms with Crippen LogP contribution in [0.5, 0.6) is 0 Å². The lowest BCUT2D eigenvalue weighted by Gasteiger charge is -2.16. The second-order valence-corrected chi connectivity index (χ2v) is 7.08. The largest absolute Gasteiger partial charge is 0.357 e. The summed E-state index contributed by atoms with van der Waals surface area (Å²) in [5.41, 5.74) is 0.976. The molecule has 0 saturated heterocycles. The first-order chi connectivity index (χ1) is 9.86. The van der Waals surface area contributed by atoms with Gasteiger partial charge in [-0.15, -0.1) is 0 Å². The van der Waals surface area contributed by atoms with E-state index in [9.17, 15) is 8.42 Å². The number of aliphatic imine (C=N–C) groups is 1. The average Bonchev–Trinajstić information content (AvgIpc) is 2.44. The van der Waals surface area contributed by atoms with Crippen molar-refractivity contribution in [3.05, 3.63) is 29.8 Å². The minimum atomic E-state index is -3.14.